The number of H-pyrrole nitrogens is 1. The summed E-state index contributed by atoms with van der Waals surface area (Å²) in [6.45, 7) is 5.84. The molecule has 0 spiro atoms. The summed E-state index contributed by atoms with van der Waals surface area (Å²) in [7, 11) is 0. The van der Waals surface area contributed by atoms with Crippen LogP contribution in [0.15, 0.2) is 29.2 Å². The van der Waals surface area contributed by atoms with Gasteiger partial charge >= 0.3 is 0 Å². The number of amides is 1. The number of halogens is 3. The second-order valence-electron chi connectivity index (χ2n) is 6.96. The number of carbonyl (C=O) groups excluding carboxylic acids is 1. The third-order valence-electron chi connectivity index (χ3n) is 4.86. The summed E-state index contributed by atoms with van der Waals surface area (Å²) >= 11 is 12.2. The molecule has 1 saturated heterocycles. The SMILES string of the molecule is C[C@@H](Nc1c[nH]c(=O)c(C(=O)NCCN2CCOCC2)c1)c1c(Cl)ccc(F)c1Cl. The second-order valence-corrected chi connectivity index (χ2v) is 7.75. The quantitative estimate of drug-likeness (QED) is 0.557. The maximum atomic E-state index is 13.8. The van der Waals surface area contributed by atoms with Crippen molar-refractivity contribution in [2.75, 3.05) is 44.7 Å². The fourth-order valence-electron chi connectivity index (χ4n) is 3.25. The molecule has 10 heteroatoms. The van der Waals surface area contributed by atoms with E-state index in [0.717, 1.165) is 13.1 Å². The zero-order valence-corrected chi connectivity index (χ0v) is 17.9. The molecule has 162 valence electrons. The van der Waals surface area contributed by atoms with Gasteiger partial charge in [0.1, 0.15) is 11.4 Å². The highest BCUT2D eigenvalue weighted by molar-refractivity contribution is 6.36. The number of carbonyl (C=O) groups is 1. The zero-order valence-electron chi connectivity index (χ0n) is 16.4. The molecule has 7 nitrogen and oxygen atoms in total. The van der Waals surface area contributed by atoms with Gasteiger partial charge in [0.15, 0.2) is 0 Å². The number of rotatable bonds is 7. The highest BCUT2D eigenvalue weighted by Gasteiger charge is 2.19. The van der Waals surface area contributed by atoms with Gasteiger partial charge in [-0.05, 0) is 25.1 Å². The van der Waals surface area contributed by atoms with E-state index in [1.807, 2.05) is 0 Å². The van der Waals surface area contributed by atoms with E-state index in [4.69, 9.17) is 27.9 Å². The topological polar surface area (TPSA) is 86.5 Å². The molecule has 0 bridgehead atoms. The molecule has 3 rings (SSSR count). The molecular weight excluding hydrogens is 434 g/mol. The maximum Gasteiger partial charge on any atom is 0.260 e. The standard InChI is InChI=1S/C20H23Cl2FN4O3/c1-12(17-15(21)2-3-16(23)18(17)22)26-13-10-14(20(29)25-11-13)19(28)24-4-5-27-6-8-30-9-7-27/h2-3,10-12,26H,4-9H2,1H3,(H,24,28)(H,25,29)/t12-/m1/s1. The van der Waals surface area contributed by atoms with Gasteiger partial charge < -0.3 is 20.4 Å². The van der Waals surface area contributed by atoms with Crippen LogP contribution in [0.5, 0.6) is 0 Å². The minimum atomic E-state index is -0.577. The van der Waals surface area contributed by atoms with Crippen molar-refractivity contribution in [2.45, 2.75) is 13.0 Å². The first-order valence-corrected chi connectivity index (χ1v) is 10.3. The average Bonchev–Trinajstić information content (AvgIpc) is 2.73. The number of anilines is 1. The van der Waals surface area contributed by atoms with Crippen LogP contribution in [0.1, 0.15) is 28.9 Å². The Morgan fingerprint density at radius 2 is 2.07 bits per heavy atom. The molecule has 0 aliphatic carbocycles. The maximum absolute atomic E-state index is 13.8. The molecular formula is C20H23Cl2FN4O3. The number of morpholine rings is 1. The van der Waals surface area contributed by atoms with Crippen molar-refractivity contribution in [3.63, 3.8) is 0 Å². The summed E-state index contributed by atoms with van der Waals surface area (Å²) in [6.07, 6.45) is 1.43. The number of nitrogens with one attached hydrogen (secondary N) is 3. The molecule has 1 aromatic heterocycles. The first-order valence-electron chi connectivity index (χ1n) is 9.57. The lowest BCUT2D eigenvalue weighted by atomic mass is 10.1. The molecule has 1 aliphatic heterocycles. The number of aromatic amines is 1. The van der Waals surface area contributed by atoms with E-state index in [2.05, 4.69) is 20.5 Å². The van der Waals surface area contributed by atoms with Crippen molar-refractivity contribution in [2.24, 2.45) is 0 Å². The molecule has 30 heavy (non-hydrogen) atoms. The molecule has 0 radical (unpaired) electrons. The van der Waals surface area contributed by atoms with Crippen LogP contribution in [-0.4, -0.2) is 55.2 Å². The van der Waals surface area contributed by atoms with Gasteiger partial charge in [-0.15, -0.1) is 0 Å². The van der Waals surface area contributed by atoms with Crippen LogP contribution in [0.3, 0.4) is 0 Å². The predicted octanol–water partition coefficient (Wildman–Crippen LogP) is 3.06. The number of hydrogen-bond donors (Lipinski definition) is 3. The van der Waals surface area contributed by atoms with Crippen molar-refractivity contribution in [3.05, 3.63) is 61.7 Å². The van der Waals surface area contributed by atoms with E-state index >= 15 is 0 Å². The summed E-state index contributed by atoms with van der Waals surface area (Å²) in [5, 5.41) is 6.09. The summed E-state index contributed by atoms with van der Waals surface area (Å²) in [5.74, 6) is -1.05. The Labute approximate surface area is 183 Å². The number of ether oxygens (including phenoxy) is 1. The van der Waals surface area contributed by atoms with Crippen LogP contribution >= 0.6 is 23.2 Å². The number of nitrogens with zero attached hydrogens (tertiary/aromatic N) is 1. The van der Waals surface area contributed by atoms with E-state index in [-0.39, 0.29) is 10.6 Å². The molecule has 0 unspecified atom stereocenters. The van der Waals surface area contributed by atoms with Crippen molar-refractivity contribution >= 4 is 34.8 Å². The molecule has 2 heterocycles. The van der Waals surface area contributed by atoms with Gasteiger partial charge in [0.2, 0.25) is 0 Å². The first-order chi connectivity index (χ1) is 14.4. The monoisotopic (exact) mass is 456 g/mol. The van der Waals surface area contributed by atoms with Gasteiger partial charge in [0.25, 0.3) is 11.5 Å². The van der Waals surface area contributed by atoms with Gasteiger partial charge in [-0.2, -0.15) is 0 Å². The Hall–Kier alpha value is -2.13. The van der Waals surface area contributed by atoms with Crippen molar-refractivity contribution in [1.29, 1.82) is 0 Å². The smallest absolute Gasteiger partial charge is 0.260 e. The molecule has 1 aromatic carbocycles. The number of aromatic nitrogens is 1. The minimum Gasteiger partial charge on any atom is -0.379 e. The predicted molar refractivity (Wildman–Crippen MR) is 115 cm³/mol. The molecule has 1 atom stereocenters. The van der Waals surface area contributed by atoms with E-state index in [9.17, 15) is 14.0 Å². The summed E-state index contributed by atoms with van der Waals surface area (Å²) in [4.78, 5) is 29.3. The summed E-state index contributed by atoms with van der Waals surface area (Å²) in [5.41, 5.74) is 0.336. The van der Waals surface area contributed by atoms with Gasteiger partial charge in [-0.1, -0.05) is 23.2 Å². The van der Waals surface area contributed by atoms with Crippen LogP contribution in [0.4, 0.5) is 10.1 Å². The Balaban J connectivity index is 1.66. The number of hydrogen-bond acceptors (Lipinski definition) is 5. The molecule has 3 N–H and O–H groups in total. The van der Waals surface area contributed by atoms with Crippen molar-refractivity contribution in [1.82, 2.24) is 15.2 Å². The normalized spacial score (nSPS) is 15.6. The van der Waals surface area contributed by atoms with Crippen LogP contribution in [0.25, 0.3) is 0 Å². The van der Waals surface area contributed by atoms with E-state index in [1.54, 1.807) is 6.92 Å². The Kier molecular flexibility index (Phi) is 7.71. The first kappa shape index (κ1) is 22.6. The van der Waals surface area contributed by atoms with Crippen LogP contribution < -0.4 is 16.2 Å². The van der Waals surface area contributed by atoms with Crippen molar-refractivity contribution < 1.29 is 13.9 Å². The highest BCUT2D eigenvalue weighted by Crippen LogP contribution is 2.33. The lowest BCUT2D eigenvalue weighted by molar-refractivity contribution is 0.0383. The van der Waals surface area contributed by atoms with Gasteiger partial charge in [-0.3, -0.25) is 14.5 Å². The molecule has 1 aliphatic rings. The van der Waals surface area contributed by atoms with Crippen LogP contribution in [0, 0.1) is 5.82 Å². The van der Waals surface area contributed by atoms with E-state index < -0.39 is 23.3 Å². The number of benzene rings is 1. The molecule has 2 aromatic rings. The van der Waals surface area contributed by atoms with Crippen LogP contribution in [0.2, 0.25) is 10.0 Å². The largest absolute Gasteiger partial charge is 0.379 e. The third-order valence-corrected chi connectivity index (χ3v) is 5.57. The molecule has 1 amide bonds. The average molecular weight is 457 g/mol. The van der Waals surface area contributed by atoms with E-state index in [0.29, 0.717) is 42.6 Å². The minimum absolute atomic E-state index is 0.0226. The highest BCUT2D eigenvalue weighted by atomic mass is 35.5. The van der Waals surface area contributed by atoms with E-state index in [1.165, 1.54) is 24.4 Å². The molecule has 0 saturated carbocycles. The molecule has 1 fully saturated rings. The zero-order chi connectivity index (χ0) is 21.7. The van der Waals surface area contributed by atoms with Gasteiger partial charge in [0.05, 0.1) is 30.0 Å². The van der Waals surface area contributed by atoms with Crippen LogP contribution in [-0.2, 0) is 4.74 Å². The lowest BCUT2D eigenvalue weighted by Crippen LogP contribution is -2.42. The van der Waals surface area contributed by atoms with Crippen molar-refractivity contribution in [3.8, 4) is 0 Å². The number of pyridine rings is 1. The summed E-state index contributed by atoms with van der Waals surface area (Å²) in [6, 6.07) is 3.60. The fraction of sp³-hybridized carbons (Fsp3) is 0.400. The van der Waals surface area contributed by atoms with Gasteiger partial charge in [-0.25, -0.2) is 4.39 Å². The Bertz CT molecular complexity index is 964. The Morgan fingerprint density at radius 3 is 2.80 bits per heavy atom. The second kappa shape index (κ2) is 10.3. The Morgan fingerprint density at radius 1 is 1.33 bits per heavy atom. The third kappa shape index (κ3) is 5.51. The van der Waals surface area contributed by atoms with Gasteiger partial charge in [0, 0.05) is 43.0 Å². The summed E-state index contributed by atoms with van der Waals surface area (Å²) < 4.78 is 19.1. The fourth-order valence-corrected chi connectivity index (χ4v) is 3.94. The lowest BCUT2D eigenvalue weighted by Gasteiger charge is -2.26.